The number of nitrogens with zero attached hydrogens (tertiary/aromatic N) is 1. The van der Waals surface area contributed by atoms with Crippen LogP contribution in [-0.2, 0) is 6.54 Å². The van der Waals surface area contributed by atoms with Crippen LogP contribution in [0.3, 0.4) is 0 Å². The maximum atomic E-state index is 3.57. The van der Waals surface area contributed by atoms with E-state index >= 15 is 0 Å². The lowest BCUT2D eigenvalue weighted by Crippen LogP contribution is -2.22. The molecule has 1 heterocycles. The molecule has 108 valence electrons. The van der Waals surface area contributed by atoms with Crippen molar-refractivity contribution in [3.05, 3.63) is 52.2 Å². The predicted octanol–water partition coefficient (Wildman–Crippen LogP) is 4.45. The zero-order valence-corrected chi connectivity index (χ0v) is 13.4. The number of rotatable bonds is 7. The summed E-state index contributed by atoms with van der Waals surface area (Å²) in [6.45, 7) is 9.64. The molecule has 3 heteroatoms. The Morgan fingerprint density at radius 1 is 1.10 bits per heavy atom. The molecule has 0 bridgehead atoms. The molecule has 1 aromatic heterocycles. The summed E-state index contributed by atoms with van der Waals surface area (Å²) in [6.07, 6.45) is 0. The van der Waals surface area contributed by atoms with Crippen LogP contribution in [-0.4, -0.2) is 13.1 Å². The Balaban J connectivity index is 1.91. The lowest BCUT2D eigenvalue weighted by Gasteiger charge is -2.21. The van der Waals surface area contributed by atoms with Crippen molar-refractivity contribution in [3.8, 4) is 0 Å². The van der Waals surface area contributed by atoms with E-state index in [1.165, 1.54) is 16.1 Å². The quantitative estimate of drug-likeness (QED) is 0.810. The summed E-state index contributed by atoms with van der Waals surface area (Å²) >= 11 is 1.81. The van der Waals surface area contributed by atoms with Crippen LogP contribution in [0.1, 0.15) is 37.3 Å². The molecule has 1 aromatic carbocycles. The van der Waals surface area contributed by atoms with Gasteiger partial charge in [-0.1, -0.05) is 18.2 Å². The van der Waals surface area contributed by atoms with E-state index in [2.05, 4.69) is 72.8 Å². The van der Waals surface area contributed by atoms with E-state index in [0.717, 1.165) is 19.6 Å². The van der Waals surface area contributed by atoms with Crippen LogP contribution < -0.4 is 10.2 Å². The van der Waals surface area contributed by atoms with Gasteiger partial charge in [-0.25, -0.2) is 0 Å². The van der Waals surface area contributed by atoms with Crippen molar-refractivity contribution in [2.24, 2.45) is 0 Å². The molecule has 0 unspecified atom stereocenters. The van der Waals surface area contributed by atoms with E-state index in [1.807, 2.05) is 11.3 Å². The second kappa shape index (κ2) is 7.46. The lowest BCUT2D eigenvalue weighted by atomic mass is 10.1. The fraction of sp³-hybridized carbons (Fsp3) is 0.412. The van der Waals surface area contributed by atoms with Gasteiger partial charge in [0.2, 0.25) is 0 Å². The monoisotopic (exact) mass is 288 g/mol. The first-order valence-corrected chi connectivity index (χ1v) is 8.23. The first-order valence-electron chi connectivity index (χ1n) is 7.35. The molecular weight excluding hydrogens is 264 g/mol. The van der Waals surface area contributed by atoms with Gasteiger partial charge in [-0.2, -0.15) is 0 Å². The van der Waals surface area contributed by atoms with Crippen LogP contribution in [0.2, 0.25) is 0 Å². The van der Waals surface area contributed by atoms with E-state index in [1.54, 1.807) is 0 Å². The molecular formula is C17H24N2S. The van der Waals surface area contributed by atoms with Gasteiger partial charge >= 0.3 is 0 Å². The Morgan fingerprint density at radius 2 is 1.80 bits per heavy atom. The predicted molar refractivity (Wildman–Crippen MR) is 89.6 cm³/mol. The zero-order valence-electron chi connectivity index (χ0n) is 12.6. The third-order valence-electron chi connectivity index (χ3n) is 3.65. The summed E-state index contributed by atoms with van der Waals surface area (Å²) < 4.78 is 0. The SMILES string of the molecule is CCN(CC)c1ccc(CN[C@H](C)c2cccs2)cc1. The summed E-state index contributed by atoms with van der Waals surface area (Å²) in [6, 6.07) is 13.6. The van der Waals surface area contributed by atoms with E-state index in [9.17, 15) is 0 Å². The number of hydrogen-bond acceptors (Lipinski definition) is 3. The Labute approximate surface area is 126 Å². The number of anilines is 1. The molecule has 0 saturated carbocycles. The van der Waals surface area contributed by atoms with Crippen molar-refractivity contribution < 1.29 is 0 Å². The van der Waals surface area contributed by atoms with Crippen molar-refractivity contribution in [1.82, 2.24) is 5.32 Å². The second-order valence-corrected chi connectivity index (χ2v) is 5.94. The van der Waals surface area contributed by atoms with Gasteiger partial charge in [-0.3, -0.25) is 0 Å². The Kier molecular flexibility index (Phi) is 5.62. The van der Waals surface area contributed by atoms with Gasteiger partial charge in [0.05, 0.1) is 0 Å². The molecule has 1 N–H and O–H groups in total. The zero-order chi connectivity index (χ0) is 14.4. The minimum absolute atomic E-state index is 0.414. The van der Waals surface area contributed by atoms with Gasteiger partial charge in [0.15, 0.2) is 0 Å². The normalized spacial score (nSPS) is 12.3. The number of benzene rings is 1. The van der Waals surface area contributed by atoms with Crippen molar-refractivity contribution >= 4 is 17.0 Å². The molecule has 0 fully saturated rings. The highest BCUT2D eigenvalue weighted by molar-refractivity contribution is 7.10. The molecule has 0 aliphatic heterocycles. The minimum Gasteiger partial charge on any atom is -0.372 e. The molecule has 1 atom stereocenters. The van der Waals surface area contributed by atoms with Crippen LogP contribution >= 0.6 is 11.3 Å². The molecule has 0 spiro atoms. The van der Waals surface area contributed by atoms with Crippen LogP contribution in [0.25, 0.3) is 0 Å². The van der Waals surface area contributed by atoms with Gasteiger partial charge < -0.3 is 10.2 Å². The lowest BCUT2D eigenvalue weighted by molar-refractivity contribution is 0.583. The van der Waals surface area contributed by atoms with Crippen LogP contribution in [0.4, 0.5) is 5.69 Å². The molecule has 0 aliphatic carbocycles. The fourth-order valence-corrected chi connectivity index (χ4v) is 3.08. The maximum Gasteiger partial charge on any atom is 0.0388 e. The molecule has 0 aliphatic rings. The van der Waals surface area contributed by atoms with E-state index in [0.29, 0.717) is 6.04 Å². The van der Waals surface area contributed by atoms with E-state index < -0.39 is 0 Å². The van der Waals surface area contributed by atoms with Gasteiger partial charge in [0, 0.05) is 36.2 Å². The second-order valence-electron chi connectivity index (χ2n) is 4.96. The summed E-state index contributed by atoms with van der Waals surface area (Å²) in [5, 5.41) is 5.71. The topological polar surface area (TPSA) is 15.3 Å². The average Bonchev–Trinajstić information content (AvgIpc) is 3.01. The Hall–Kier alpha value is -1.32. The number of thiophene rings is 1. The van der Waals surface area contributed by atoms with Gasteiger partial charge in [0.25, 0.3) is 0 Å². The molecule has 0 amide bonds. The third-order valence-corrected chi connectivity index (χ3v) is 4.70. The largest absolute Gasteiger partial charge is 0.372 e. The highest BCUT2D eigenvalue weighted by Crippen LogP contribution is 2.19. The van der Waals surface area contributed by atoms with Gasteiger partial charge in [-0.05, 0) is 49.9 Å². The highest BCUT2D eigenvalue weighted by atomic mass is 32.1. The van der Waals surface area contributed by atoms with E-state index in [-0.39, 0.29) is 0 Å². The van der Waals surface area contributed by atoms with Crippen molar-refractivity contribution in [3.63, 3.8) is 0 Å². The van der Waals surface area contributed by atoms with Crippen LogP contribution in [0.5, 0.6) is 0 Å². The highest BCUT2D eigenvalue weighted by Gasteiger charge is 2.06. The summed E-state index contributed by atoms with van der Waals surface area (Å²) in [5.74, 6) is 0. The van der Waals surface area contributed by atoms with E-state index in [4.69, 9.17) is 0 Å². The average molecular weight is 288 g/mol. The Morgan fingerprint density at radius 3 is 2.35 bits per heavy atom. The van der Waals surface area contributed by atoms with Gasteiger partial charge in [-0.15, -0.1) is 11.3 Å². The Bertz CT molecular complexity index is 486. The standard InChI is InChI=1S/C17H24N2S/c1-4-19(5-2)16-10-8-15(9-11-16)13-18-14(3)17-7-6-12-20-17/h6-12,14,18H,4-5,13H2,1-3H3/t14-/m1/s1. The fourth-order valence-electron chi connectivity index (χ4n) is 2.32. The summed E-state index contributed by atoms with van der Waals surface area (Å²) in [4.78, 5) is 3.76. The first-order chi connectivity index (χ1) is 9.74. The molecule has 2 aromatic rings. The van der Waals surface area contributed by atoms with Crippen molar-refractivity contribution in [1.29, 1.82) is 0 Å². The van der Waals surface area contributed by atoms with Crippen LogP contribution in [0.15, 0.2) is 41.8 Å². The minimum atomic E-state index is 0.414. The van der Waals surface area contributed by atoms with Gasteiger partial charge in [0.1, 0.15) is 0 Å². The van der Waals surface area contributed by atoms with Crippen LogP contribution in [0, 0.1) is 0 Å². The maximum absolute atomic E-state index is 3.57. The smallest absolute Gasteiger partial charge is 0.0388 e. The van der Waals surface area contributed by atoms with Crippen molar-refractivity contribution in [2.75, 3.05) is 18.0 Å². The molecule has 20 heavy (non-hydrogen) atoms. The summed E-state index contributed by atoms with van der Waals surface area (Å²) in [7, 11) is 0. The molecule has 2 rings (SSSR count). The first kappa shape index (κ1) is 15.1. The van der Waals surface area contributed by atoms with Crippen molar-refractivity contribution in [2.45, 2.75) is 33.4 Å². The molecule has 2 nitrogen and oxygen atoms in total. The molecule has 0 saturated heterocycles. The number of nitrogens with one attached hydrogen (secondary N) is 1. The molecule has 0 radical (unpaired) electrons. The third kappa shape index (κ3) is 3.84. The number of hydrogen-bond donors (Lipinski definition) is 1. The summed E-state index contributed by atoms with van der Waals surface area (Å²) in [5.41, 5.74) is 2.65.